The van der Waals surface area contributed by atoms with Gasteiger partial charge in [0.25, 0.3) is 0 Å². The minimum Gasteiger partial charge on any atom is -0.367 e. The number of benzene rings is 2. The molecule has 0 atom stereocenters. The summed E-state index contributed by atoms with van der Waals surface area (Å²) in [4.78, 5) is 16.3. The summed E-state index contributed by atoms with van der Waals surface area (Å²) in [6, 6.07) is 17.2. The van der Waals surface area contributed by atoms with Gasteiger partial charge in [0.05, 0.1) is 4.90 Å². The maximum Gasteiger partial charge on any atom is 0.243 e. The highest BCUT2D eigenvalue weighted by Gasteiger charge is 2.29. The Kier molecular flexibility index (Phi) is 6.10. The summed E-state index contributed by atoms with van der Waals surface area (Å²) in [5, 5.41) is 6.30. The van der Waals surface area contributed by atoms with E-state index in [4.69, 9.17) is 0 Å². The lowest BCUT2D eigenvalue weighted by molar-refractivity contribution is -0.116. The van der Waals surface area contributed by atoms with Gasteiger partial charge < -0.3 is 10.6 Å². The van der Waals surface area contributed by atoms with Crippen LogP contribution in [0.25, 0.3) is 11.1 Å². The summed E-state index contributed by atoms with van der Waals surface area (Å²) in [7, 11) is -3.54. The number of nitrogens with zero attached hydrogens (tertiary/aromatic N) is 2. The van der Waals surface area contributed by atoms with E-state index >= 15 is 0 Å². The minimum absolute atomic E-state index is 0.0430. The molecule has 2 aliphatic rings. The average Bonchev–Trinajstić information content (AvgIpc) is 2.85. The van der Waals surface area contributed by atoms with Crippen molar-refractivity contribution in [3.8, 4) is 11.1 Å². The van der Waals surface area contributed by atoms with Crippen LogP contribution < -0.4 is 10.6 Å². The molecule has 176 valence electrons. The number of hydrogen-bond acceptors (Lipinski definition) is 5. The Hall–Kier alpha value is -3.23. The third kappa shape index (κ3) is 4.69. The van der Waals surface area contributed by atoms with Gasteiger partial charge in [0.1, 0.15) is 5.82 Å². The molecule has 1 amide bonds. The second kappa shape index (κ2) is 9.19. The first-order valence-electron chi connectivity index (χ1n) is 11.6. The van der Waals surface area contributed by atoms with E-state index in [1.165, 1.54) is 0 Å². The van der Waals surface area contributed by atoms with E-state index in [2.05, 4.69) is 21.7 Å². The predicted molar refractivity (Wildman–Crippen MR) is 133 cm³/mol. The molecule has 0 aliphatic carbocycles. The zero-order chi connectivity index (χ0) is 23.7. The summed E-state index contributed by atoms with van der Waals surface area (Å²) in [6.07, 6.45) is 4.50. The zero-order valence-electron chi connectivity index (χ0n) is 19.1. The number of carbonyl (C=O) groups excluding carboxylic acids is 1. The van der Waals surface area contributed by atoms with Crippen LogP contribution in [-0.4, -0.2) is 42.7 Å². The number of aryl methyl sites for hydroxylation is 2. The van der Waals surface area contributed by atoms with Crippen LogP contribution in [-0.2, 0) is 21.2 Å². The van der Waals surface area contributed by atoms with Crippen LogP contribution in [0.5, 0.6) is 0 Å². The fourth-order valence-electron chi connectivity index (χ4n) is 4.53. The van der Waals surface area contributed by atoms with Gasteiger partial charge in [-0.3, -0.25) is 4.79 Å². The van der Waals surface area contributed by atoms with Crippen molar-refractivity contribution in [3.05, 3.63) is 71.9 Å². The Morgan fingerprint density at radius 1 is 0.971 bits per heavy atom. The van der Waals surface area contributed by atoms with Crippen molar-refractivity contribution in [3.63, 3.8) is 0 Å². The SMILES string of the molecule is Cc1ccc(NC2CCN(S(=O)(=O)c3ccc(-c4ccc5c(c4)CCC(=O)N5)cc3)CC2)nc1. The van der Waals surface area contributed by atoms with Gasteiger partial charge in [-0.1, -0.05) is 24.3 Å². The van der Waals surface area contributed by atoms with E-state index in [1.807, 2.05) is 49.5 Å². The fraction of sp³-hybridized carbons (Fsp3) is 0.308. The molecule has 1 fully saturated rings. The number of carbonyl (C=O) groups is 1. The molecule has 5 rings (SSSR count). The maximum absolute atomic E-state index is 13.2. The number of aromatic nitrogens is 1. The minimum atomic E-state index is -3.54. The Morgan fingerprint density at radius 2 is 1.71 bits per heavy atom. The van der Waals surface area contributed by atoms with Gasteiger partial charge in [-0.05, 0) is 78.8 Å². The molecule has 1 saturated heterocycles. The standard InChI is InChI=1S/C26H28N4O3S/c1-18-2-10-25(27-17-18)28-22-12-14-30(15-13-22)34(32,33)23-7-3-19(4-8-23)20-5-9-24-21(16-20)6-11-26(31)29-24/h2-5,7-10,16-17,22H,6,11-15H2,1H3,(H,27,28)(H,29,31). The van der Waals surface area contributed by atoms with Gasteiger partial charge in [0, 0.05) is 37.4 Å². The lowest BCUT2D eigenvalue weighted by Gasteiger charge is -2.32. The average molecular weight is 477 g/mol. The molecule has 2 aliphatic heterocycles. The van der Waals surface area contributed by atoms with Crippen LogP contribution >= 0.6 is 0 Å². The molecule has 0 unspecified atom stereocenters. The first-order chi connectivity index (χ1) is 16.4. The normalized spacial score (nSPS) is 17.1. The number of pyridine rings is 1. The smallest absolute Gasteiger partial charge is 0.243 e. The first kappa shape index (κ1) is 22.6. The zero-order valence-corrected chi connectivity index (χ0v) is 19.9. The number of amides is 1. The van der Waals surface area contributed by atoms with Gasteiger partial charge in [0.2, 0.25) is 15.9 Å². The Morgan fingerprint density at radius 3 is 2.41 bits per heavy atom. The van der Waals surface area contributed by atoms with Gasteiger partial charge in [-0.15, -0.1) is 0 Å². The third-order valence-electron chi connectivity index (χ3n) is 6.54. The number of nitrogens with one attached hydrogen (secondary N) is 2. The fourth-order valence-corrected chi connectivity index (χ4v) is 6.00. The maximum atomic E-state index is 13.2. The molecule has 3 heterocycles. The number of piperidine rings is 1. The molecule has 1 aromatic heterocycles. The van der Waals surface area contributed by atoms with Gasteiger partial charge in [0.15, 0.2) is 0 Å². The van der Waals surface area contributed by atoms with Crippen molar-refractivity contribution in [2.45, 2.75) is 43.5 Å². The highest BCUT2D eigenvalue weighted by atomic mass is 32.2. The van der Waals surface area contributed by atoms with Crippen LogP contribution in [0.1, 0.15) is 30.4 Å². The number of anilines is 2. The van der Waals surface area contributed by atoms with E-state index in [0.29, 0.717) is 30.8 Å². The van der Waals surface area contributed by atoms with Gasteiger partial charge >= 0.3 is 0 Å². The van der Waals surface area contributed by atoms with E-state index in [9.17, 15) is 13.2 Å². The van der Waals surface area contributed by atoms with Gasteiger partial charge in [-0.25, -0.2) is 13.4 Å². The molecule has 0 bridgehead atoms. The molecular formula is C26H28N4O3S. The van der Waals surface area contributed by atoms with Crippen LogP contribution in [0.3, 0.4) is 0 Å². The number of hydrogen-bond donors (Lipinski definition) is 2. The number of rotatable bonds is 5. The second-order valence-corrected chi connectivity index (χ2v) is 10.9. The number of fused-ring (bicyclic) bond motifs is 1. The van der Waals surface area contributed by atoms with E-state index in [1.54, 1.807) is 16.4 Å². The molecule has 7 nitrogen and oxygen atoms in total. The Labute approximate surface area is 200 Å². The quantitative estimate of drug-likeness (QED) is 0.576. The predicted octanol–water partition coefficient (Wildman–Crippen LogP) is 4.21. The molecule has 2 N–H and O–H groups in total. The van der Waals surface area contributed by atoms with E-state index in [0.717, 1.165) is 46.6 Å². The summed E-state index contributed by atoms with van der Waals surface area (Å²) < 4.78 is 28.0. The Bertz CT molecular complexity index is 1300. The van der Waals surface area contributed by atoms with Crippen molar-refractivity contribution < 1.29 is 13.2 Å². The lowest BCUT2D eigenvalue weighted by atomic mass is 9.97. The molecule has 0 radical (unpaired) electrons. The Balaban J connectivity index is 1.24. The molecule has 2 aromatic carbocycles. The highest BCUT2D eigenvalue weighted by molar-refractivity contribution is 7.89. The van der Waals surface area contributed by atoms with Crippen LogP contribution in [0, 0.1) is 6.92 Å². The van der Waals surface area contributed by atoms with E-state index < -0.39 is 10.0 Å². The van der Waals surface area contributed by atoms with Crippen molar-refractivity contribution >= 4 is 27.4 Å². The lowest BCUT2D eigenvalue weighted by Crippen LogP contribution is -2.42. The highest BCUT2D eigenvalue weighted by Crippen LogP contribution is 2.30. The van der Waals surface area contributed by atoms with E-state index in [-0.39, 0.29) is 11.9 Å². The van der Waals surface area contributed by atoms with Crippen LogP contribution in [0.2, 0.25) is 0 Å². The van der Waals surface area contributed by atoms with Crippen molar-refractivity contribution in [1.82, 2.24) is 9.29 Å². The summed E-state index contributed by atoms with van der Waals surface area (Å²) in [6.45, 7) is 2.95. The summed E-state index contributed by atoms with van der Waals surface area (Å²) in [5.41, 5.74) is 5.03. The van der Waals surface area contributed by atoms with Crippen molar-refractivity contribution in [2.75, 3.05) is 23.7 Å². The van der Waals surface area contributed by atoms with Crippen LogP contribution in [0.15, 0.2) is 65.7 Å². The number of sulfonamides is 1. The molecule has 0 saturated carbocycles. The second-order valence-electron chi connectivity index (χ2n) is 8.99. The molecule has 34 heavy (non-hydrogen) atoms. The molecule has 0 spiro atoms. The van der Waals surface area contributed by atoms with Crippen molar-refractivity contribution in [1.29, 1.82) is 0 Å². The summed E-state index contributed by atoms with van der Waals surface area (Å²) in [5.74, 6) is 0.869. The van der Waals surface area contributed by atoms with Crippen LogP contribution in [0.4, 0.5) is 11.5 Å². The molecule has 8 heteroatoms. The molecular weight excluding hydrogens is 448 g/mol. The summed E-state index contributed by atoms with van der Waals surface area (Å²) >= 11 is 0. The largest absolute Gasteiger partial charge is 0.367 e. The first-order valence-corrected chi connectivity index (χ1v) is 13.0. The van der Waals surface area contributed by atoms with Crippen molar-refractivity contribution in [2.24, 2.45) is 0 Å². The molecule has 3 aromatic rings. The monoisotopic (exact) mass is 476 g/mol. The van der Waals surface area contributed by atoms with Gasteiger partial charge in [-0.2, -0.15) is 4.31 Å². The topological polar surface area (TPSA) is 91.4 Å². The third-order valence-corrected chi connectivity index (χ3v) is 8.46.